The zero-order valence-corrected chi connectivity index (χ0v) is 13.7. The molecular formula is C15H21ClFNO2S. The Kier molecular flexibility index (Phi) is 5.63. The van der Waals surface area contributed by atoms with E-state index in [1.807, 2.05) is 6.92 Å². The van der Waals surface area contributed by atoms with Gasteiger partial charge in [0, 0.05) is 16.6 Å². The van der Waals surface area contributed by atoms with E-state index in [4.69, 9.17) is 11.6 Å². The highest BCUT2D eigenvalue weighted by Gasteiger charge is 2.35. The maximum atomic E-state index is 13.9. The third kappa shape index (κ3) is 3.96. The van der Waals surface area contributed by atoms with E-state index in [2.05, 4.69) is 5.32 Å². The van der Waals surface area contributed by atoms with Crippen LogP contribution in [0, 0.1) is 5.82 Å². The van der Waals surface area contributed by atoms with Gasteiger partial charge in [-0.25, -0.2) is 12.8 Å². The van der Waals surface area contributed by atoms with Crippen LogP contribution < -0.4 is 5.32 Å². The molecule has 118 valence electrons. The lowest BCUT2D eigenvalue weighted by Crippen LogP contribution is -2.48. The fraction of sp³-hybridized carbons (Fsp3) is 0.600. The van der Waals surface area contributed by atoms with Gasteiger partial charge in [0.05, 0.1) is 11.0 Å². The number of rotatable bonds is 5. The molecule has 21 heavy (non-hydrogen) atoms. The molecule has 2 rings (SSSR count). The molecule has 0 amide bonds. The number of hydrogen-bond acceptors (Lipinski definition) is 3. The van der Waals surface area contributed by atoms with Crippen molar-refractivity contribution in [2.45, 2.75) is 43.9 Å². The molecule has 1 fully saturated rings. The Hall–Kier alpha value is -0.650. The molecule has 0 saturated carbocycles. The lowest BCUT2D eigenvalue weighted by atomic mass is 9.99. The van der Waals surface area contributed by atoms with Gasteiger partial charge in [0.15, 0.2) is 9.84 Å². The standard InChI is InChI=1S/C15H21ClFNO2S/c1-2-18-14(15-8-3-4-9-21(15,19)20)10-11-12(16)6-5-7-13(11)17/h5-7,14-15,18H,2-4,8-10H2,1H3. The van der Waals surface area contributed by atoms with Crippen molar-refractivity contribution in [3.8, 4) is 0 Å². The van der Waals surface area contributed by atoms with Gasteiger partial charge in [-0.3, -0.25) is 0 Å². The molecule has 1 aliphatic heterocycles. The van der Waals surface area contributed by atoms with Gasteiger partial charge in [0.2, 0.25) is 0 Å². The number of hydrogen-bond donors (Lipinski definition) is 1. The first kappa shape index (κ1) is 16.7. The van der Waals surface area contributed by atoms with Crippen LogP contribution in [0.1, 0.15) is 31.7 Å². The Morgan fingerprint density at radius 1 is 1.43 bits per heavy atom. The Balaban J connectivity index is 2.27. The number of benzene rings is 1. The second-order valence-electron chi connectivity index (χ2n) is 5.47. The largest absolute Gasteiger partial charge is 0.313 e. The molecule has 0 aromatic heterocycles. The molecule has 1 aliphatic rings. The van der Waals surface area contributed by atoms with Crippen LogP contribution in [0.2, 0.25) is 5.02 Å². The van der Waals surface area contributed by atoms with E-state index in [-0.39, 0.29) is 17.6 Å². The van der Waals surface area contributed by atoms with Crippen LogP contribution in [-0.2, 0) is 16.3 Å². The first-order chi connectivity index (χ1) is 9.95. The summed E-state index contributed by atoms with van der Waals surface area (Å²) in [6.45, 7) is 2.56. The van der Waals surface area contributed by atoms with E-state index < -0.39 is 15.1 Å². The Labute approximate surface area is 130 Å². The first-order valence-electron chi connectivity index (χ1n) is 7.33. The van der Waals surface area contributed by atoms with Crippen LogP contribution in [-0.4, -0.2) is 32.0 Å². The van der Waals surface area contributed by atoms with Gasteiger partial charge in [-0.05, 0) is 37.9 Å². The van der Waals surface area contributed by atoms with Crippen molar-refractivity contribution in [2.24, 2.45) is 0 Å². The minimum Gasteiger partial charge on any atom is -0.313 e. The van der Waals surface area contributed by atoms with Crippen LogP contribution >= 0.6 is 11.6 Å². The van der Waals surface area contributed by atoms with Crippen molar-refractivity contribution in [1.29, 1.82) is 0 Å². The SMILES string of the molecule is CCNC(Cc1c(F)cccc1Cl)C1CCCCS1(=O)=O. The smallest absolute Gasteiger partial charge is 0.154 e. The average Bonchev–Trinajstić information content (AvgIpc) is 2.42. The highest BCUT2D eigenvalue weighted by atomic mass is 35.5. The monoisotopic (exact) mass is 333 g/mol. The lowest BCUT2D eigenvalue weighted by molar-refractivity contribution is 0.435. The Morgan fingerprint density at radius 2 is 2.19 bits per heavy atom. The van der Waals surface area contributed by atoms with E-state index in [0.717, 1.165) is 12.8 Å². The molecule has 3 nitrogen and oxygen atoms in total. The summed E-state index contributed by atoms with van der Waals surface area (Å²) in [5, 5.41) is 3.10. The van der Waals surface area contributed by atoms with Crippen molar-refractivity contribution in [1.82, 2.24) is 5.32 Å². The lowest BCUT2D eigenvalue weighted by Gasteiger charge is -2.31. The Bertz CT molecular complexity index is 571. The summed E-state index contributed by atoms with van der Waals surface area (Å²) < 4.78 is 38.5. The van der Waals surface area contributed by atoms with Gasteiger partial charge in [-0.2, -0.15) is 0 Å². The fourth-order valence-corrected chi connectivity index (χ4v) is 5.34. The number of sulfone groups is 1. The normalized spacial score (nSPS) is 22.9. The molecule has 1 heterocycles. The molecule has 1 aromatic rings. The van der Waals surface area contributed by atoms with Crippen LogP contribution in [0.5, 0.6) is 0 Å². The van der Waals surface area contributed by atoms with E-state index in [1.54, 1.807) is 12.1 Å². The quantitative estimate of drug-likeness (QED) is 0.901. The van der Waals surface area contributed by atoms with Gasteiger partial charge >= 0.3 is 0 Å². The summed E-state index contributed by atoms with van der Waals surface area (Å²) in [5.74, 6) is -0.150. The molecule has 1 N–H and O–H groups in total. The topological polar surface area (TPSA) is 46.2 Å². The van der Waals surface area contributed by atoms with Crippen molar-refractivity contribution < 1.29 is 12.8 Å². The van der Waals surface area contributed by atoms with Crippen molar-refractivity contribution in [2.75, 3.05) is 12.3 Å². The average molecular weight is 334 g/mol. The van der Waals surface area contributed by atoms with Crippen LogP contribution in [0.15, 0.2) is 18.2 Å². The predicted octanol–water partition coefficient (Wildman–Crippen LogP) is 2.97. The summed E-state index contributed by atoms with van der Waals surface area (Å²) >= 11 is 6.07. The number of halogens is 2. The van der Waals surface area contributed by atoms with E-state index >= 15 is 0 Å². The molecule has 2 atom stereocenters. The van der Waals surface area contributed by atoms with Gasteiger partial charge in [0.25, 0.3) is 0 Å². The number of nitrogens with one attached hydrogen (secondary N) is 1. The summed E-state index contributed by atoms with van der Waals surface area (Å²) in [5.41, 5.74) is 0.394. The fourth-order valence-electron chi connectivity index (χ4n) is 2.98. The number of likely N-dealkylation sites (N-methyl/N-ethyl adjacent to an activating group) is 1. The summed E-state index contributed by atoms with van der Waals surface area (Å²) in [6, 6.07) is 4.26. The van der Waals surface area contributed by atoms with E-state index in [9.17, 15) is 12.8 Å². The van der Waals surface area contributed by atoms with Gasteiger partial charge in [0.1, 0.15) is 5.82 Å². The highest BCUT2D eigenvalue weighted by Crippen LogP contribution is 2.27. The van der Waals surface area contributed by atoms with Crippen LogP contribution in [0.4, 0.5) is 4.39 Å². The summed E-state index contributed by atoms with van der Waals surface area (Å²) in [6.07, 6.45) is 2.55. The van der Waals surface area contributed by atoms with Crippen molar-refractivity contribution >= 4 is 21.4 Å². The molecular weight excluding hydrogens is 313 g/mol. The zero-order chi connectivity index (χ0) is 15.5. The second-order valence-corrected chi connectivity index (χ2v) is 8.22. The van der Waals surface area contributed by atoms with Crippen molar-refractivity contribution in [3.63, 3.8) is 0 Å². The molecule has 0 bridgehead atoms. The molecule has 0 radical (unpaired) electrons. The molecule has 6 heteroatoms. The summed E-state index contributed by atoms with van der Waals surface area (Å²) in [7, 11) is -3.12. The van der Waals surface area contributed by atoms with E-state index in [0.29, 0.717) is 30.0 Å². The minimum absolute atomic E-state index is 0.227. The van der Waals surface area contributed by atoms with Gasteiger partial charge in [-0.15, -0.1) is 0 Å². The molecule has 1 saturated heterocycles. The molecule has 0 aliphatic carbocycles. The first-order valence-corrected chi connectivity index (χ1v) is 9.43. The third-order valence-electron chi connectivity index (χ3n) is 4.03. The molecule has 2 unspecified atom stereocenters. The third-order valence-corrected chi connectivity index (χ3v) is 6.73. The maximum Gasteiger partial charge on any atom is 0.154 e. The zero-order valence-electron chi connectivity index (χ0n) is 12.1. The van der Waals surface area contributed by atoms with Gasteiger partial charge < -0.3 is 5.32 Å². The van der Waals surface area contributed by atoms with E-state index in [1.165, 1.54) is 6.07 Å². The van der Waals surface area contributed by atoms with Crippen LogP contribution in [0.25, 0.3) is 0 Å². The van der Waals surface area contributed by atoms with Crippen LogP contribution in [0.3, 0.4) is 0 Å². The Morgan fingerprint density at radius 3 is 2.81 bits per heavy atom. The molecule has 1 aromatic carbocycles. The predicted molar refractivity (Wildman–Crippen MR) is 84.0 cm³/mol. The summed E-state index contributed by atoms with van der Waals surface area (Å²) in [4.78, 5) is 0. The minimum atomic E-state index is -3.12. The maximum absolute atomic E-state index is 13.9. The molecule has 0 spiro atoms. The van der Waals surface area contributed by atoms with Gasteiger partial charge in [-0.1, -0.05) is 31.0 Å². The highest BCUT2D eigenvalue weighted by molar-refractivity contribution is 7.92. The second kappa shape index (κ2) is 7.07. The van der Waals surface area contributed by atoms with Crippen molar-refractivity contribution in [3.05, 3.63) is 34.6 Å².